The van der Waals surface area contributed by atoms with Gasteiger partial charge in [-0.3, -0.25) is 0 Å². The summed E-state index contributed by atoms with van der Waals surface area (Å²) in [5.41, 5.74) is 1.03. The molecule has 1 aliphatic rings. The highest BCUT2D eigenvalue weighted by Gasteiger charge is 2.13. The molecule has 22 heavy (non-hydrogen) atoms. The van der Waals surface area contributed by atoms with E-state index < -0.39 is 0 Å². The first kappa shape index (κ1) is 14.7. The summed E-state index contributed by atoms with van der Waals surface area (Å²) in [7, 11) is 0. The van der Waals surface area contributed by atoms with Crippen molar-refractivity contribution in [1.29, 1.82) is 0 Å². The van der Waals surface area contributed by atoms with Crippen LogP contribution in [0.5, 0.6) is 5.88 Å². The van der Waals surface area contributed by atoms with Gasteiger partial charge in [-0.2, -0.15) is 0 Å². The van der Waals surface area contributed by atoms with Gasteiger partial charge in [-0.05, 0) is 17.7 Å². The number of rotatable bonds is 5. The Bertz CT molecular complexity index is 601. The second-order valence-electron chi connectivity index (χ2n) is 5.04. The Labute approximate surface area is 128 Å². The average Bonchev–Trinajstić information content (AvgIpc) is 2.58. The molecule has 3 rings (SSSR count). The second kappa shape index (κ2) is 7.17. The molecule has 0 unspecified atom stereocenters. The van der Waals surface area contributed by atoms with Gasteiger partial charge < -0.3 is 14.4 Å². The number of benzene rings is 1. The van der Waals surface area contributed by atoms with Crippen LogP contribution >= 0.6 is 0 Å². The summed E-state index contributed by atoms with van der Waals surface area (Å²) in [6.07, 6.45) is 2.22. The van der Waals surface area contributed by atoms with Crippen LogP contribution in [-0.2, 0) is 11.2 Å². The fraction of sp³-hybridized carbons (Fsp3) is 0.375. The molecule has 0 aliphatic carbocycles. The average molecular weight is 303 g/mol. The van der Waals surface area contributed by atoms with Gasteiger partial charge in [0.25, 0.3) is 0 Å². The third-order valence-corrected chi connectivity index (χ3v) is 3.52. The van der Waals surface area contributed by atoms with Crippen molar-refractivity contribution in [1.82, 2.24) is 9.97 Å². The number of halogens is 1. The lowest BCUT2D eigenvalue weighted by atomic mass is 10.2. The molecule has 0 atom stereocenters. The van der Waals surface area contributed by atoms with Gasteiger partial charge in [0.15, 0.2) is 0 Å². The Morgan fingerprint density at radius 3 is 2.68 bits per heavy atom. The van der Waals surface area contributed by atoms with E-state index in [1.165, 1.54) is 18.5 Å². The summed E-state index contributed by atoms with van der Waals surface area (Å²) in [6.45, 7) is 3.57. The minimum atomic E-state index is -0.226. The first-order valence-electron chi connectivity index (χ1n) is 7.33. The molecule has 1 fully saturated rings. The van der Waals surface area contributed by atoms with Crippen LogP contribution in [0.15, 0.2) is 36.7 Å². The number of hydrogen-bond donors (Lipinski definition) is 0. The van der Waals surface area contributed by atoms with Gasteiger partial charge in [0.05, 0.1) is 19.8 Å². The predicted molar refractivity (Wildman–Crippen MR) is 80.7 cm³/mol. The van der Waals surface area contributed by atoms with Crippen LogP contribution in [0.1, 0.15) is 5.56 Å². The van der Waals surface area contributed by atoms with Crippen LogP contribution < -0.4 is 9.64 Å². The third-order valence-electron chi connectivity index (χ3n) is 3.52. The predicted octanol–water partition coefficient (Wildman–Crippen LogP) is 2.07. The summed E-state index contributed by atoms with van der Waals surface area (Å²) in [6, 6.07) is 8.28. The van der Waals surface area contributed by atoms with Crippen LogP contribution in [0.25, 0.3) is 0 Å². The lowest BCUT2D eigenvalue weighted by molar-refractivity contribution is 0.122. The highest BCUT2D eigenvalue weighted by atomic mass is 19.1. The van der Waals surface area contributed by atoms with E-state index in [2.05, 4.69) is 14.9 Å². The molecule has 0 spiro atoms. The quantitative estimate of drug-likeness (QED) is 0.846. The van der Waals surface area contributed by atoms with Gasteiger partial charge in [-0.25, -0.2) is 14.4 Å². The lowest BCUT2D eigenvalue weighted by Crippen LogP contribution is -2.36. The first-order chi connectivity index (χ1) is 10.8. The maximum absolute atomic E-state index is 12.8. The zero-order valence-electron chi connectivity index (χ0n) is 12.2. The lowest BCUT2D eigenvalue weighted by Gasteiger charge is -2.27. The van der Waals surface area contributed by atoms with Crippen molar-refractivity contribution >= 4 is 5.82 Å². The van der Waals surface area contributed by atoms with Crippen LogP contribution in [-0.4, -0.2) is 42.9 Å². The maximum atomic E-state index is 12.8. The van der Waals surface area contributed by atoms with Crippen LogP contribution in [0.2, 0.25) is 0 Å². The standard InChI is InChI=1S/C16H18FN3O2/c17-14-3-1-13(2-4-14)5-8-22-16-11-15(18-12-19-16)20-6-9-21-10-7-20/h1-4,11-12H,5-10H2. The molecule has 6 heteroatoms. The Hall–Kier alpha value is -2.21. The molecule has 0 radical (unpaired) electrons. The van der Waals surface area contributed by atoms with Crippen molar-refractivity contribution in [3.05, 3.63) is 48.0 Å². The largest absolute Gasteiger partial charge is 0.477 e. The summed E-state index contributed by atoms with van der Waals surface area (Å²) in [4.78, 5) is 10.6. The van der Waals surface area contributed by atoms with E-state index in [-0.39, 0.29) is 5.82 Å². The van der Waals surface area contributed by atoms with Crippen LogP contribution in [0.4, 0.5) is 10.2 Å². The van der Waals surface area contributed by atoms with Gasteiger partial charge in [0.1, 0.15) is 18.0 Å². The van der Waals surface area contributed by atoms with E-state index >= 15 is 0 Å². The molecular formula is C16H18FN3O2. The number of ether oxygens (including phenoxy) is 2. The summed E-state index contributed by atoms with van der Waals surface area (Å²) in [5, 5.41) is 0. The maximum Gasteiger partial charge on any atom is 0.218 e. The second-order valence-corrected chi connectivity index (χ2v) is 5.04. The third kappa shape index (κ3) is 3.92. The Balaban J connectivity index is 1.55. The number of anilines is 1. The van der Waals surface area contributed by atoms with Gasteiger partial charge in [0, 0.05) is 25.6 Å². The molecule has 1 aromatic heterocycles. The fourth-order valence-electron chi connectivity index (χ4n) is 2.30. The molecular weight excluding hydrogens is 285 g/mol. The fourth-order valence-corrected chi connectivity index (χ4v) is 2.30. The molecule has 0 amide bonds. The molecule has 116 valence electrons. The summed E-state index contributed by atoms with van der Waals surface area (Å²) >= 11 is 0. The molecule has 1 aliphatic heterocycles. The van der Waals surface area contributed by atoms with E-state index in [9.17, 15) is 4.39 Å². The number of nitrogens with zero attached hydrogens (tertiary/aromatic N) is 3. The normalized spacial score (nSPS) is 14.9. The molecule has 2 heterocycles. The monoisotopic (exact) mass is 303 g/mol. The number of morpholine rings is 1. The molecule has 0 N–H and O–H groups in total. The van der Waals surface area contributed by atoms with E-state index in [1.807, 2.05) is 6.07 Å². The zero-order valence-corrected chi connectivity index (χ0v) is 12.2. The van der Waals surface area contributed by atoms with Gasteiger partial charge in [-0.15, -0.1) is 0 Å². The first-order valence-corrected chi connectivity index (χ1v) is 7.33. The van der Waals surface area contributed by atoms with Crippen LogP contribution in [0.3, 0.4) is 0 Å². The smallest absolute Gasteiger partial charge is 0.218 e. The Morgan fingerprint density at radius 1 is 1.14 bits per heavy atom. The SMILES string of the molecule is Fc1ccc(CCOc2cc(N3CCOCC3)ncn2)cc1. The van der Waals surface area contributed by atoms with E-state index in [0.29, 0.717) is 32.1 Å². The highest BCUT2D eigenvalue weighted by molar-refractivity contribution is 5.41. The van der Waals surface area contributed by atoms with E-state index in [0.717, 1.165) is 24.5 Å². The van der Waals surface area contributed by atoms with Gasteiger partial charge in [0.2, 0.25) is 5.88 Å². The molecule has 5 nitrogen and oxygen atoms in total. The van der Waals surface area contributed by atoms with Crippen molar-refractivity contribution in [2.24, 2.45) is 0 Å². The summed E-state index contributed by atoms with van der Waals surface area (Å²) in [5.74, 6) is 1.18. The molecule has 2 aromatic rings. The molecule has 1 aromatic carbocycles. The van der Waals surface area contributed by atoms with Crippen molar-refractivity contribution < 1.29 is 13.9 Å². The topological polar surface area (TPSA) is 47.5 Å². The van der Waals surface area contributed by atoms with Crippen molar-refractivity contribution in [3.8, 4) is 5.88 Å². The molecule has 0 saturated carbocycles. The minimum Gasteiger partial charge on any atom is -0.477 e. The molecule has 0 bridgehead atoms. The van der Waals surface area contributed by atoms with Crippen molar-refractivity contribution in [3.63, 3.8) is 0 Å². The van der Waals surface area contributed by atoms with Gasteiger partial charge >= 0.3 is 0 Å². The van der Waals surface area contributed by atoms with Crippen molar-refractivity contribution in [2.45, 2.75) is 6.42 Å². The molecule has 1 saturated heterocycles. The zero-order chi connectivity index (χ0) is 15.2. The number of aromatic nitrogens is 2. The Morgan fingerprint density at radius 2 is 1.91 bits per heavy atom. The van der Waals surface area contributed by atoms with Crippen LogP contribution in [0, 0.1) is 5.82 Å². The van der Waals surface area contributed by atoms with Crippen molar-refractivity contribution in [2.75, 3.05) is 37.8 Å². The van der Waals surface area contributed by atoms with Gasteiger partial charge in [-0.1, -0.05) is 12.1 Å². The number of hydrogen-bond acceptors (Lipinski definition) is 5. The van der Waals surface area contributed by atoms with E-state index in [4.69, 9.17) is 9.47 Å². The minimum absolute atomic E-state index is 0.226. The Kier molecular flexibility index (Phi) is 4.80. The van der Waals surface area contributed by atoms with E-state index in [1.54, 1.807) is 12.1 Å². The highest BCUT2D eigenvalue weighted by Crippen LogP contribution is 2.17. The summed E-state index contributed by atoms with van der Waals surface area (Å²) < 4.78 is 23.8.